The predicted molar refractivity (Wildman–Crippen MR) is 126 cm³/mol. The molecule has 184 valence electrons. The molecule has 3 atom stereocenters. The van der Waals surface area contributed by atoms with Gasteiger partial charge in [-0.3, -0.25) is 9.59 Å². The van der Waals surface area contributed by atoms with Crippen molar-refractivity contribution in [2.24, 2.45) is 11.3 Å². The van der Waals surface area contributed by atoms with Crippen molar-refractivity contribution < 1.29 is 29.0 Å². The molecule has 0 aliphatic carbocycles. The first-order valence-electron chi connectivity index (χ1n) is 11.0. The number of alkyl carbamates (subject to hydrolysis) is 1. The summed E-state index contributed by atoms with van der Waals surface area (Å²) in [4.78, 5) is 38.7. The number of amides is 2. The highest BCUT2D eigenvalue weighted by Gasteiger charge is 2.38. The first-order valence-corrected chi connectivity index (χ1v) is 11.0. The van der Waals surface area contributed by atoms with Crippen LogP contribution in [0.3, 0.4) is 0 Å². The predicted octanol–water partition coefficient (Wildman–Crippen LogP) is 3.34. The highest BCUT2D eigenvalue weighted by Crippen LogP contribution is 2.21. The monoisotopic (exact) mass is 462 g/mol. The van der Waals surface area contributed by atoms with Gasteiger partial charge in [0.15, 0.2) is 0 Å². The molecule has 33 heavy (non-hydrogen) atoms. The molecular formula is C25H38N2O6. The number of esters is 1. The topological polar surface area (TPSA) is 114 Å². The van der Waals surface area contributed by atoms with Crippen LogP contribution in [0.15, 0.2) is 43.0 Å². The van der Waals surface area contributed by atoms with Crippen LogP contribution in [0.2, 0.25) is 0 Å². The number of allylic oxidation sites excluding steroid dienone is 1. The summed E-state index contributed by atoms with van der Waals surface area (Å²) in [6.45, 7) is 14.1. The zero-order valence-corrected chi connectivity index (χ0v) is 20.5. The normalized spacial score (nSPS) is 14.4. The van der Waals surface area contributed by atoms with E-state index >= 15 is 0 Å². The molecule has 0 aromatic heterocycles. The Morgan fingerprint density at radius 3 is 2.15 bits per heavy atom. The van der Waals surface area contributed by atoms with E-state index in [0.717, 1.165) is 5.56 Å². The van der Waals surface area contributed by atoms with Crippen molar-refractivity contribution in [1.82, 2.24) is 10.6 Å². The number of aliphatic hydroxyl groups is 1. The van der Waals surface area contributed by atoms with E-state index < -0.39 is 47.0 Å². The summed E-state index contributed by atoms with van der Waals surface area (Å²) in [6, 6.07) is 7.24. The van der Waals surface area contributed by atoms with Crippen molar-refractivity contribution in [3.63, 3.8) is 0 Å². The van der Waals surface area contributed by atoms with Gasteiger partial charge in [0.1, 0.15) is 18.2 Å². The average molecular weight is 463 g/mol. The van der Waals surface area contributed by atoms with Gasteiger partial charge < -0.3 is 25.2 Å². The maximum atomic E-state index is 13.2. The molecule has 0 aliphatic rings. The largest absolute Gasteiger partial charge is 0.461 e. The van der Waals surface area contributed by atoms with Gasteiger partial charge in [-0.05, 0) is 38.2 Å². The Bertz CT molecular complexity index is 795. The lowest BCUT2D eigenvalue weighted by Crippen LogP contribution is -2.58. The van der Waals surface area contributed by atoms with Crippen molar-refractivity contribution in [1.29, 1.82) is 0 Å². The van der Waals surface area contributed by atoms with Crippen molar-refractivity contribution in [3.05, 3.63) is 48.6 Å². The maximum absolute atomic E-state index is 13.2. The zero-order valence-electron chi connectivity index (χ0n) is 20.5. The molecular weight excluding hydrogens is 424 g/mol. The second kappa shape index (κ2) is 12.4. The van der Waals surface area contributed by atoms with E-state index in [2.05, 4.69) is 17.2 Å². The van der Waals surface area contributed by atoms with Crippen LogP contribution >= 0.6 is 0 Å². The number of nitrogens with one attached hydrogen (secondary N) is 2. The summed E-state index contributed by atoms with van der Waals surface area (Å²) < 4.78 is 10.7. The summed E-state index contributed by atoms with van der Waals surface area (Å²) in [5, 5.41) is 15.0. The molecule has 1 aromatic rings. The van der Waals surface area contributed by atoms with E-state index in [1.165, 1.54) is 6.08 Å². The minimum Gasteiger partial charge on any atom is -0.461 e. The van der Waals surface area contributed by atoms with Gasteiger partial charge in [-0.2, -0.15) is 0 Å². The van der Waals surface area contributed by atoms with Crippen LogP contribution in [0.25, 0.3) is 0 Å². The molecule has 0 aliphatic heterocycles. The molecule has 0 fully saturated rings. The first kappa shape index (κ1) is 28.2. The van der Waals surface area contributed by atoms with E-state index in [0.29, 0.717) is 0 Å². The van der Waals surface area contributed by atoms with Gasteiger partial charge >= 0.3 is 12.1 Å². The lowest BCUT2D eigenvalue weighted by atomic mass is 9.86. The van der Waals surface area contributed by atoms with Gasteiger partial charge in [0, 0.05) is 0 Å². The van der Waals surface area contributed by atoms with Crippen LogP contribution in [0, 0.1) is 11.3 Å². The number of rotatable bonds is 10. The average Bonchev–Trinajstić information content (AvgIpc) is 2.71. The molecule has 8 heteroatoms. The summed E-state index contributed by atoms with van der Waals surface area (Å²) in [7, 11) is 0. The van der Waals surface area contributed by atoms with Crippen LogP contribution in [0.1, 0.15) is 53.5 Å². The molecule has 0 radical (unpaired) electrons. The number of carbonyl (C=O) groups is 3. The Morgan fingerprint density at radius 1 is 1.06 bits per heavy atom. The molecule has 0 saturated heterocycles. The number of aliphatic hydroxyl groups excluding tert-OH is 1. The highest BCUT2D eigenvalue weighted by molar-refractivity contribution is 5.91. The zero-order chi connectivity index (χ0) is 25.2. The van der Waals surface area contributed by atoms with Crippen molar-refractivity contribution in [2.45, 2.75) is 72.3 Å². The third-order valence-corrected chi connectivity index (χ3v) is 4.85. The molecule has 0 unspecified atom stereocenters. The van der Waals surface area contributed by atoms with Crippen molar-refractivity contribution in [2.75, 3.05) is 6.61 Å². The van der Waals surface area contributed by atoms with Crippen LogP contribution in [-0.2, 0) is 25.7 Å². The second-order valence-electron chi connectivity index (χ2n) is 9.96. The molecule has 3 N–H and O–H groups in total. The minimum absolute atomic E-state index is 0.0232. The maximum Gasteiger partial charge on any atom is 0.408 e. The third kappa shape index (κ3) is 10.1. The molecule has 0 saturated carbocycles. The van der Waals surface area contributed by atoms with Crippen LogP contribution in [-0.4, -0.2) is 47.4 Å². The Balaban J connectivity index is 3.15. The fraction of sp³-hybridized carbons (Fsp3) is 0.560. The third-order valence-electron chi connectivity index (χ3n) is 4.85. The van der Waals surface area contributed by atoms with Crippen molar-refractivity contribution >= 4 is 18.0 Å². The fourth-order valence-electron chi connectivity index (χ4n) is 2.96. The SMILES string of the molecule is C=CC[C@H](C(=O)OCc1ccccc1)[C@@H](NC(=O)OC(C)(C)C)C(=O)N[C@H](CO)C(C)(C)C. The van der Waals surface area contributed by atoms with Gasteiger partial charge in [-0.15, -0.1) is 6.58 Å². The van der Waals surface area contributed by atoms with Gasteiger partial charge in [0.25, 0.3) is 0 Å². The molecule has 0 bridgehead atoms. The number of hydrogen-bond acceptors (Lipinski definition) is 6. The summed E-state index contributed by atoms with van der Waals surface area (Å²) in [6.07, 6.45) is 0.725. The quantitative estimate of drug-likeness (QED) is 0.363. The number of benzene rings is 1. The summed E-state index contributed by atoms with van der Waals surface area (Å²) in [5.74, 6) is -2.33. The van der Waals surface area contributed by atoms with Crippen LogP contribution in [0.4, 0.5) is 4.79 Å². The first-order chi connectivity index (χ1) is 15.3. The Labute approximate surface area is 196 Å². The molecule has 8 nitrogen and oxygen atoms in total. The molecule has 0 heterocycles. The minimum atomic E-state index is -1.29. The van der Waals surface area contributed by atoms with Crippen LogP contribution in [0.5, 0.6) is 0 Å². The Kier molecular flexibility index (Phi) is 10.6. The lowest BCUT2D eigenvalue weighted by molar-refractivity contribution is -0.153. The van der Waals surface area contributed by atoms with E-state index in [1.54, 1.807) is 20.8 Å². The number of ether oxygens (including phenoxy) is 2. The second-order valence-corrected chi connectivity index (χ2v) is 9.96. The number of hydrogen-bond donors (Lipinski definition) is 3. The van der Waals surface area contributed by atoms with Gasteiger partial charge in [0.05, 0.1) is 18.6 Å². The molecule has 1 rings (SSSR count). The smallest absolute Gasteiger partial charge is 0.408 e. The lowest BCUT2D eigenvalue weighted by Gasteiger charge is -2.33. The van der Waals surface area contributed by atoms with Gasteiger partial charge in [-0.1, -0.05) is 57.2 Å². The van der Waals surface area contributed by atoms with Gasteiger partial charge in [0.2, 0.25) is 5.91 Å². The van der Waals surface area contributed by atoms with E-state index in [1.807, 2.05) is 51.1 Å². The molecule has 2 amide bonds. The van der Waals surface area contributed by atoms with E-state index in [-0.39, 0.29) is 19.6 Å². The fourth-order valence-corrected chi connectivity index (χ4v) is 2.96. The van der Waals surface area contributed by atoms with E-state index in [9.17, 15) is 19.5 Å². The number of carbonyl (C=O) groups excluding carboxylic acids is 3. The summed E-state index contributed by atoms with van der Waals surface area (Å²) >= 11 is 0. The Hall–Kier alpha value is -2.87. The Morgan fingerprint density at radius 2 is 1.67 bits per heavy atom. The highest BCUT2D eigenvalue weighted by atomic mass is 16.6. The molecule has 0 spiro atoms. The van der Waals surface area contributed by atoms with Crippen LogP contribution < -0.4 is 10.6 Å². The standard InChI is InChI=1S/C25H38N2O6/c1-8-12-18(22(30)32-16-17-13-10-9-11-14-17)20(27-23(31)33-25(5,6)7)21(29)26-19(15-28)24(2,3)4/h8-11,13-14,18-20,28H,1,12,15-16H2,2-7H3,(H,26,29)(H,27,31)/t18-,19+,20+/m0/s1. The van der Waals surface area contributed by atoms with E-state index in [4.69, 9.17) is 9.47 Å². The molecule has 1 aromatic carbocycles. The van der Waals surface area contributed by atoms with Crippen molar-refractivity contribution in [3.8, 4) is 0 Å². The summed E-state index contributed by atoms with van der Waals surface area (Å²) in [5.41, 5.74) is -0.466. The van der Waals surface area contributed by atoms with Gasteiger partial charge in [-0.25, -0.2) is 4.79 Å².